The Morgan fingerprint density at radius 3 is 2.47 bits per heavy atom. The molecule has 0 aliphatic rings. The Labute approximate surface area is 115 Å². The highest BCUT2D eigenvalue weighted by atomic mass is 16.5. The van der Waals surface area contributed by atoms with Crippen LogP contribution >= 0.6 is 0 Å². The third-order valence-electron chi connectivity index (χ3n) is 2.88. The van der Waals surface area contributed by atoms with Gasteiger partial charge in [0.15, 0.2) is 0 Å². The Balaban J connectivity index is 2.11. The fourth-order valence-electron chi connectivity index (χ4n) is 1.70. The van der Waals surface area contributed by atoms with Gasteiger partial charge in [-0.25, -0.2) is 0 Å². The molecule has 0 spiro atoms. The summed E-state index contributed by atoms with van der Waals surface area (Å²) in [5.74, 6) is 0. The van der Waals surface area contributed by atoms with E-state index in [1.54, 1.807) is 7.11 Å². The van der Waals surface area contributed by atoms with Gasteiger partial charge in [0, 0.05) is 20.2 Å². The molecule has 0 fully saturated rings. The van der Waals surface area contributed by atoms with Crippen LogP contribution in [-0.4, -0.2) is 44.7 Å². The van der Waals surface area contributed by atoms with Gasteiger partial charge >= 0.3 is 0 Å². The molecular formula is C15H25NO3. The number of aryl methyl sites for hydroxylation is 1. The number of rotatable bonds is 10. The number of ether oxygens (including phenoxy) is 2. The summed E-state index contributed by atoms with van der Waals surface area (Å²) >= 11 is 0. The van der Waals surface area contributed by atoms with Gasteiger partial charge in [0.25, 0.3) is 0 Å². The molecule has 1 rings (SSSR count). The zero-order valence-electron chi connectivity index (χ0n) is 11.9. The second kappa shape index (κ2) is 9.92. The SMILES string of the molecule is CCc1ccc(CNCC(O)COCCOC)cc1. The molecule has 0 aliphatic carbocycles. The highest BCUT2D eigenvalue weighted by Crippen LogP contribution is 2.04. The second-order valence-corrected chi connectivity index (χ2v) is 4.52. The quantitative estimate of drug-likeness (QED) is 0.629. The van der Waals surface area contributed by atoms with E-state index in [-0.39, 0.29) is 0 Å². The first-order valence-electron chi connectivity index (χ1n) is 6.79. The highest BCUT2D eigenvalue weighted by molar-refractivity contribution is 5.22. The van der Waals surface area contributed by atoms with E-state index < -0.39 is 6.10 Å². The van der Waals surface area contributed by atoms with Crippen molar-refractivity contribution in [2.45, 2.75) is 26.0 Å². The van der Waals surface area contributed by atoms with Gasteiger partial charge in [0.05, 0.1) is 25.9 Å². The van der Waals surface area contributed by atoms with Gasteiger partial charge in [-0.1, -0.05) is 31.2 Å². The van der Waals surface area contributed by atoms with Crippen molar-refractivity contribution in [3.8, 4) is 0 Å². The van der Waals surface area contributed by atoms with E-state index in [2.05, 4.69) is 36.5 Å². The minimum atomic E-state index is -0.480. The van der Waals surface area contributed by atoms with Crippen LogP contribution in [0, 0.1) is 0 Å². The summed E-state index contributed by atoms with van der Waals surface area (Å²) in [7, 11) is 1.63. The van der Waals surface area contributed by atoms with Crippen molar-refractivity contribution in [1.29, 1.82) is 0 Å². The molecule has 108 valence electrons. The Bertz CT molecular complexity index is 327. The Hall–Kier alpha value is -0.940. The van der Waals surface area contributed by atoms with Gasteiger partial charge in [-0.15, -0.1) is 0 Å². The number of methoxy groups -OCH3 is 1. The van der Waals surface area contributed by atoms with Gasteiger partial charge in [0.2, 0.25) is 0 Å². The van der Waals surface area contributed by atoms with E-state index in [9.17, 15) is 5.11 Å². The molecule has 0 aromatic heterocycles. The van der Waals surface area contributed by atoms with Crippen LogP contribution in [0.15, 0.2) is 24.3 Å². The average Bonchev–Trinajstić information content (AvgIpc) is 2.44. The number of nitrogens with one attached hydrogen (secondary N) is 1. The maximum Gasteiger partial charge on any atom is 0.0897 e. The topological polar surface area (TPSA) is 50.7 Å². The van der Waals surface area contributed by atoms with Crippen LogP contribution in [0.5, 0.6) is 0 Å². The molecule has 0 aliphatic heterocycles. The summed E-state index contributed by atoms with van der Waals surface area (Å²) in [4.78, 5) is 0. The first-order chi connectivity index (χ1) is 9.26. The standard InChI is InChI=1S/C15H25NO3/c1-3-13-4-6-14(7-5-13)10-16-11-15(17)12-19-9-8-18-2/h4-7,15-17H,3,8-12H2,1-2H3. The summed E-state index contributed by atoms with van der Waals surface area (Å²) in [6, 6.07) is 8.52. The van der Waals surface area contributed by atoms with E-state index in [0.29, 0.717) is 26.4 Å². The molecule has 1 atom stereocenters. The molecule has 2 N–H and O–H groups in total. The Morgan fingerprint density at radius 1 is 1.16 bits per heavy atom. The number of hydrogen-bond donors (Lipinski definition) is 2. The summed E-state index contributed by atoms with van der Waals surface area (Å²) in [5, 5.41) is 12.9. The van der Waals surface area contributed by atoms with Crippen molar-refractivity contribution in [1.82, 2.24) is 5.32 Å². The summed E-state index contributed by atoms with van der Waals surface area (Å²) in [6.07, 6.45) is 0.581. The third kappa shape index (κ3) is 7.28. The molecule has 4 nitrogen and oxygen atoms in total. The fraction of sp³-hybridized carbons (Fsp3) is 0.600. The molecule has 0 bridgehead atoms. The molecular weight excluding hydrogens is 242 g/mol. The van der Waals surface area contributed by atoms with Gasteiger partial charge in [-0.3, -0.25) is 0 Å². The first kappa shape index (κ1) is 16.1. The highest BCUT2D eigenvalue weighted by Gasteiger charge is 2.03. The van der Waals surface area contributed by atoms with Crippen LogP contribution in [0.4, 0.5) is 0 Å². The monoisotopic (exact) mass is 267 g/mol. The smallest absolute Gasteiger partial charge is 0.0897 e. The summed E-state index contributed by atoms with van der Waals surface area (Å²) in [6.45, 7) is 4.86. The number of benzene rings is 1. The van der Waals surface area contributed by atoms with Crippen LogP contribution in [0.25, 0.3) is 0 Å². The third-order valence-corrected chi connectivity index (χ3v) is 2.88. The fourth-order valence-corrected chi connectivity index (χ4v) is 1.70. The molecule has 1 aromatic rings. The normalized spacial score (nSPS) is 12.6. The molecule has 0 saturated carbocycles. The maximum absolute atomic E-state index is 9.68. The molecule has 1 aromatic carbocycles. The second-order valence-electron chi connectivity index (χ2n) is 4.52. The predicted molar refractivity (Wildman–Crippen MR) is 76.2 cm³/mol. The molecule has 0 heterocycles. The molecule has 0 saturated heterocycles. The van der Waals surface area contributed by atoms with E-state index in [1.807, 2.05) is 0 Å². The molecule has 19 heavy (non-hydrogen) atoms. The lowest BCUT2D eigenvalue weighted by Gasteiger charge is -2.12. The van der Waals surface area contributed by atoms with Crippen molar-refractivity contribution in [2.75, 3.05) is 33.5 Å². The van der Waals surface area contributed by atoms with E-state index >= 15 is 0 Å². The van der Waals surface area contributed by atoms with E-state index in [4.69, 9.17) is 9.47 Å². The van der Waals surface area contributed by atoms with E-state index in [1.165, 1.54) is 11.1 Å². The maximum atomic E-state index is 9.68. The predicted octanol–water partition coefficient (Wildman–Crippen LogP) is 1.36. The van der Waals surface area contributed by atoms with Crippen LogP contribution in [0.3, 0.4) is 0 Å². The number of aliphatic hydroxyl groups excluding tert-OH is 1. The lowest BCUT2D eigenvalue weighted by Crippen LogP contribution is -2.30. The number of hydrogen-bond acceptors (Lipinski definition) is 4. The molecule has 0 radical (unpaired) electrons. The minimum absolute atomic E-state index is 0.338. The van der Waals surface area contributed by atoms with Crippen LogP contribution in [-0.2, 0) is 22.4 Å². The van der Waals surface area contributed by atoms with Gasteiger partial charge in [-0.05, 0) is 17.5 Å². The largest absolute Gasteiger partial charge is 0.389 e. The van der Waals surface area contributed by atoms with Gasteiger partial charge < -0.3 is 19.9 Å². The van der Waals surface area contributed by atoms with Crippen molar-refractivity contribution in [3.63, 3.8) is 0 Å². The van der Waals surface area contributed by atoms with Crippen molar-refractivity contribution < 1.29 is 14.6 Å². The zero-order valence-corrected chi connectivity index (χ0v) is 11.9. The molecule has 1 unspecified atom stereocenters. The summed E-state index contributed by atoms with van der Waals surface area (Å²) < 4.78 is 10.1. The Morgan fingerprint density at radius 2 is 1.84 bits per heavy atom. The van der Waals surface area contributed by atoms with Crippen molar-refractivity contribution >= 4 is 0 Å². The van der Waals surface area contributed by atoms with Gasteiger partial charge in [-0.2, -0.15) is 0 Å². The van der Waals surface area contributed by atoms with Crippen LogP contribution < -0.4 is 5.32 Å². The molecule has 0 amide bonds. The lowest BCUT2D eigenvalue weighted by atomic mass is 10.1. The first-order valence-corrected chi connectivity index (χ1v) is 6.79. The van der Waals surface area contributed by atoms with Crippen LogP contribution in [0.2, 0.25) is 0 Å². The Kier molecular flexibility index (Phi) is 8.41. The average molecular weight is 267 g/mol. The molecule has 4 heteroatoms. The van der Waals surface area contributed by atoms with Crippen LogP contribution in [0.1, 0.15) is 18.1 Å². The summed E-state index contributed by atoms with van der Waals surface area (Å²) in [5.41, 5.74) is 2.57. The van der Waals surface area contributed by atoms with Crippen molar-refractivity contribution in [3.05, 3.63) is 35.4 Å². The zero-order chi connectivity index (χ0) is 13.9. The van der Waals surface area contributed by atoms with E-state index in [0.717, 1.165) is 13.0 Å². The lowest BCUT2D eigenvalue weighted by molar-refractivity contribution is 0.0137. The number of aliphatic hydroxyl groups is 1. The van der Waals surface area contributed by atoms with Crippen molar-refractivity contribution in [2.24, 2.45) is 0 Å². The minimum Gasteiger partial charge on any atom is -0.389 e. The van der Waals surface area contributed by atoms with Gasteiger partial charge in [0.1, 0.15) is 0 Å².